The lowest BCUT2D eigenvalue weighted by molar-refractivity contribution is -0.145. The van der Waals surface area contributed by atoms with Crippen molar-refractivity contribution in [1.82, 2.24) is 19.2 Å². The van der Waals surface area contributed by atoms with E-state index < -0.39 is 29.4 Å². The second kappa shape index (κ2) is 9.05. The van der Waals surface area contributed by atoms with Crippen LogP contribution >= 0.6 is 0 Å². The van der Waals surface area contributed by atoms with Gasteiger partial charge in [0, 0.05) is 41.9 Å². The summed E-state index contributed by atoms with van der Waals surface area (Å²) in [7, 11) is 0. The van der Waals surface area contributed by atoms with Crippen molar-refractivity contribution in [1.29, 1.82) is 0 Å². The molecule has 0 radical (unpaired) electrons. The molecule has 0 atom stereocenters. The van der Waals surface area contributed by atoms with Crippen LogP contribution in [0.4, 0.5) is 18.9 Å². The predicted molar refractivity (Wildman–Crippen MR) is 115 cm³/mol. The monoisotopic (exact) mass is 449 g/mol. The molecular weight excluding hydrogens is 423 g/mol. The molecule has 0 spiro atoms. The predicted octanol–water partition coefficient (Wildman–Crippen LogP) is 4.56. The minimum absolute atomic E-state index is 0.00766. The Morgan fingerprint density at radius 3 is 2.44 bits per heavy atom. The Morgan fingerprint density at radius 2 is 1.84 bits per heavy atom. The molecule has 0 aliphatic carbocycles. The Bertz CT molecular complexity index is 1130. The minimum Gasteiger partial charge on any atom is -0.342 e. The lowest BCUT2D eigenvalue weighted by atomic mass is 10.2. The summed E-state index contributed by atoms with van der Waals surface area (Å²) in [4.78, 5) is 26.8. The summed E-state index contributed by atoms with van der Waals surface area (Å²) in [6.45, 7) is 8.38. The molecular formula is C22H26F3N5O2. The van der Waals surface area contributed by atoms with Gasteiger partial charge in [-0.2, -0.15) is 18.3 Å². The van der Waals surface area contributed by atoms with E-state index in [2.05, 4.69) is 10.4 Å². The summed E-state index contributed by atoms with van der Waals surface area (Å²) < 4.78 is 43.2. The highest BCUT2D eigenvalue weighted by Crippen LogP contribution is 2.34. The van der Waals surface area contributed by atoms with Crippen LogP contribution in [0.5, 0.6) is 0 Å². The molecule has 0 unspecified atom stereocenters. The maximum absolute atomic E-state index is 13.6. The van der Waals surface area contributed by atoms with Gasteiger partial charge in [-0.15, -0.1) is 0 Å². The highest BCUT2D eigenvalue weighted by Gasteiger charge is 2.40. The van der Waals surface area contributed by atoms with Crippen LogP contribution in [0.3, 0.4) is 0 Å². The molecule has 32 heavy (non-hydrogen) atoms. The quantitative estimate of drug-likeness (QED) is 0.575. The van der Waals surface area contributed by atoms with Gasteiger partial charge in [0.2, 0.25) is 5.91 Å². The largest absolute Gasteiger partial charge is 0.433 e. The first-order chi connectivity index (χ1) is 15.1. The van der Waals surface area contributed by atoms with Gasteiger partial charge in [0.05, 0.1) is 11.8 Å². The van der Waals surface area contributed by atoms with Crippen LogP contribution in [-0.4, -0.2) is 44.2 Å². The zero-order valence-electron chi connectivity index (χ0n) is 18.4. The number of nitrogens with zero attached hydrogens (tertiary/aromatic N) is 4. The molecule has 2 aromatic heterocycles. The Kier molecular flexibility index (Phi) is 6.61. The van der Waals surface area contributed by atoms with E-state index in [0.29, 0.717) is 18.8 Å². The maximum Gasteiger partial charge on any atom is 0.433 e. The van der Waals surface area contributed by atoms with Gasteiger partial charge < -0.3 is 14.8 Å². The van der Waals surface area contributed by atoms with Crippen LogP contribution in [0, 0.1) is 0 Å². The molecule has 10 heteroatoms. The molecule has 172 valence electrons. The van der Waals surface area contributed by atoms with Crippen LogP contribution in [0.25, 0.3) is 10.9 Å². The topological polar surface area (TPSA) is 72.2 Å². The van der Waals surface area contributed by atoms with Gasteiger partial charge >= 0.3 is 6.18 Å². The number of halogens is 3. The number of carbonyl (C=O) groups excluding carboxylic acids is 2. The number of nitrogens with one attached hydrogen (secondary N) is 1. The van der Waals surface area contributed by atoms with Gasteiger partial charge in [0.25, 0.3) is 5.91 Å². The molecule has 0 aliphatic rings. The second-order valence-electron chi connectivity index (χ2n) is 7.68. The highest BCUT2D eigenvalue weighted by molar-refractivity contribution is 6.06. The van der Waals surface area contributed by atoms with E-state index >= 15 is 0 Å². The molecule has 3 aromatic rings. The Balaban J connectivity index is 1.84. The summed E-state index contributed by atoms with van der Waals surface area (Å²) in [6.07, 6.45) is -2.01. The SMILES string of the molecule is CCN(CC)C(=O)Cn1ccc2cc(NC(=O)c3cnn(C(C)C)c3C(F)(F)F)ccc21. The van der Waals surface area contributed by atoms with Gasteiger partial charge in [0.15, 0.2) is 5.69 Å². The van der Waals surface area contributed by atoms with E-state index in [1.807, 2.05) is 13.8 Å². The highest BCUT2D eigenvalue weighted by atomic mass is 19.4. The fourth-order valence-corrected chi connectivity index (χ4v) is 3.64. The molecule has 0 saturated carbocycles. The number of benzene rings is 1. The number of anilines is 1. The molecule has 0 aliphatic heterocycles. The summed E-state index contributed by atoms with van der Waals surface area (Å²) in [5.74, 6) is -0.897. The fraction of sp³-hybridized carbons (Fsp3) is 0.409. The van der Waals surface area contributed by atoms with E-state index in [-0.39, 0.29) is 12.5 Å². The summed E-state index contributed by atoms with van der Waals surface area (Å²) in [6, 6.07) is 6.22. The number of fused-ring (bicyclic) bond motifs is 1. The van der Waals surface area contributed by atoms with Gasteiger partial charge in [0.1, 0.15) is 6.54 Å². The van der Waals surface area contributed by atoms with Crippen molar-refractivity contribution in [2.45, 2.75) is 46.5 Å². The van der Waals surface area contributed by atoms with Gasteiger partial charge in [-0.3, -0.25) is 14.3 Å². The molecule has 3 rings (SSSR count). The van der Waals surface area contributed by atoms with Crippen molar-refractivity contribution in [3.63, 3.8) is 0 Å². The van der Waals surface area contributed by atoms with Crippen LogP contribution < -0.4 is 5.32 Å². The van der Waals surface area contributed by atoms with E-state index in [1.165, 1.54) is 0 Å². The summed E-state index contributed by atoms with van der Waals surface area (Å²) >= 11 is 0. The summed E-state index contributed by atoms with van der Waals surface area (Å²) in [5.41, 5.74) is -0.478. The van der Waals surface area contributed by atoms with Crippen molar-refractivity contribution >= 4 is 28.4 Å². The van der Waals surface area contributed by atoms with Crippen molar-refractivity contribution in [3.8, 4) is 0 Å². The zero-order valence-corrected chi connectivity index (χ0v) is 18.4. The van der Waals surface area contributed by atoms with E-state index in [9.17, 15) is 22.8 Å². The van der Waals surface area contributed by atoms with Crippen molar-refractivity contribution in [3.05, 3.63) is 47.9 Å². The van der Waals surface area contributed by atoms with E-state index in [0.717, 1.165) is 21.8 Å². The van der Waals surface area contributed by atoms with Crippen molar-refractivity contribution in [2.24, 2.45) is 0 Å². The molecule has 2 heterocycles. The number of rotatable bonds is 7. The third-order valence-corrected chi connectivity index (χ3v) is 5.25. The molecule has 0 fully saturated rings. The molecule has 7 nitrogen and oxygen atoms in total. The average molecular weight is 449 g/mol. The third-order valence-electron chi connectivity index (χ3n) is 5.25. The number of hydrogen-bond acceptors (Lipinski definition) is 3. The number of amides is 2. The standard InChI is InChI=1S/C22H26F3N5O2/c1-5-28(6-2)19(31)13-29-10-9-15-11-16(7-8-18(15)29)27-21(32)17-12-26-30(14(3)4)20(17)22(23,24)25/h7-12,14H,5-6,13H2,1-4H3,(H,27,32). The normalized spacial score (nSPS) is 11.9. The van der Waals surface area contributed by atoms with Crippen LogP contribution in [-0.2, 0) is 17.5 Å². The van der Waals surface area contributed by atoms with Gasteiger partial charge in [-0.1, -0.05) is 0 Å². The number of alkyl halides is 3. The molecule has 1 N–H and O–H groups in total. The average Bonchev–Trinajstić information content (AvgIpc) is 3.33. The zero-order chi connectivity index (χ0) is 23.6. The molecule has 0 bridgehead atoms. The maximum atomic E-state index is 13.6. The van der Waals surface area contributed by atoms with Crippen LogP contribution in [0.15, 0.2) is 36.7 Å². The number of aromatic nitrogens is 3. The molecule has 0 saturated heterocycles. The summed E-state index contributed by atoms with van der Waals surface area (Å²) in [5, 5.41) is 7.03. The lowest BCUT2D eigenvalue weighted by Gasteiger charge is -2.19. The first-order valence-corrected chi connectivity index (χ1v) is 10.4. The fourth-order valence-electron chi connectivity index (χ4n) is 3.64. The van der Waals surface area contributed by atoms with Gasteiger partial charge in [-0.05, 0) is 52.0 Å². The number of carbonyl (C=O) groups is 2. The first kappa shape index (κ1) is 23.4. The van der Waals surface area contributed by atoms with Gasteiger partial charge in [-0.25, -0.2) is 0 Å². The van der Waals surface area contributed by atoms with Crippen LogP contribution in [0.1, 0.15) is 49.8 Å². The Morgan fingerprint density at radius 1 is 1.16 bits per heavy atom. The second-order valence-corrected chi connectivity index (χ2v) is 7.68. The molecule has 1 aromatic carbocycles. The number of hydrogen-bond donors (Lipinski definition) is 1. The van der Waals surface area contributed by atoms with Crippen molar-refractivity contribution in [2.75, 3.05) is 18.4 Å². The molecule has 2 amide bonds. The smallest absolute Gasteiger partial charge is 0.342 e. The third kappa shape index (κ3) is 4.63. The van der Waals surface area contributed by atoms with Crippen LogP contribution in [0.2, 0.25) is 0 Å². The Hall–Kier alpha value is -3.30. The van der Waals surface area contributed by atoms with E-state index in [4.69, 9.17) is 0 Å². The lowest BCUT2D eigenvalue weighted by Crippen LogP contribution is -2.33. The Labute approximate surface area is 183 Å². The minimum atomic E-state index is -4.72. The number of likely N-dealkylation sites (N-methyl/N-ethyl adjacent to an activating group) is 1. The first-order valence-electron chi connectivity index (χ1n) is 10.4. The van der Waals surface area contributed by atoms with E-state index in [1.54, 1.807) is 53.8 Å². The van der Waals surface area contributed by atoms with Crippen molar-refractivity contribution < 1.29 is 22.8 Å².